The highest BCUT2D eigenvalue weighted by Gasteiger charge is 2.15. The number of fused-ring (bicyclic) bond motifs is 1. The van der Waals surface area contributed by atoms with Crippen LogP contribution in [-0.2, 0) is 11.3 Å². The van der Waals surface area contributed by atoms with E-state index < -0.39 is 11.7 Å². The smallest absolute Gasteiger partial charge is 0.407 e. The SMILES string of the molecule is CC(C)(C)OC(=O)NCc1cnc2ccccc2c1. The van der Waals surface area contributed by atoms with Crippen LogP contribution in [0.5, 0.6) is 0 Å². The molecule has 0 saturated carbocycles. The van der Waals surface area contributed by atoms with Gasteiger partial charge in [-0.2, -0.15) is 0 Å². The predicted octanol–water partition coefficient (Wildman–Crippen LogP) is 3.26. The van der Waals surface area contributed by atoms with E-state index in [9.17, 15) is 4.79 Å². The molecule has 1 aromatic heterocycles. The van der Waals surface area contributed by atoms with Crippen molar-refractivity contribution in [2.24, 2.45) is 0 Å². The highest BCUT2D eigenvalue weighted by molar-refractivity contribution is 5.78. The van der Waals surface area contributed by atoms with Crippen LogP contribution in [0.1, 0.15) is 26.3 Å². The summed E-state index contributed by atoms with van der Waals surface area (Å²) in [6.45, 7) is 5.92. The van der Waals surface area contributed by atoms with Gasteiger partial charge < -0.3 is 10.1 Å². The number of hydrogen-bond acceptors (Lipinski definition) is 3. The van der Waals surface area contributed by atoms with Crippen molar-refractivity contribution in [2.45, 2.75) is 32.9 Å². The predicted molar refractivity (Wildman–Crippen MR) is 74.8 cm³/mol. The summed E-state index contributed by atoms with van der Waals surface area (Å²) in [5.41, 5.74) is 1.42. The molecule has 0 aliphatic heterocycles. The number of ether oxygens (including phenoxy) is 1. The molecule has 1 amide bonds. The lowest BCUT2D eigenvalue weighted by molar-refractivity contribution is 0.0523. The first kappa shape index (κ1) is 13.3. The number of amides is 1. The van der Waals surface area contributed by atoms with Gasteiger partial charge in [0.1, 0.15) is 5.60 Å². The molecule has 0 bridgehead atoms. The normalized spacial score (nSPS) is 11.3. The number of nitrogens with one attached hydrogen (secondary N) is 1. The first-order valence-corrected chi connectivity index (χ1v) is 6.24. The number of aromatic nitrogens is 1. The molecule has 0 atom stereocenters. The molecule has 0 fully saturated rings. The fraction of sp³-hybridized carbons (Fsp3) is 0.333. The lowest BCUT2D eigenvalue weighted by Gasteiger charge is -2.19. The number of para-hydroxylation sites is 1. The molecule has 0 saturated heterocycles. The second kappa shape index (κ2) is 5.26. The molecule has 1 heterocycles. The molecule has 0 unspecified atom stereocenters. The number of hydrogen-bond donors (Lipinski definition) is 1. The van der Waals surface area contributed by atoms with Crippen molar-refractivity contribution >= 4 is 17.0 Å². The lowest BCUT2D eigenvalue weighted by Crippen LogP contribution is -2.32. The number of carbonyl (C=O) groups excluding carboxylic acids is 1. The minimum absolute atomic E-state index is 0.409. The Kier molecular flexibility index (Phi) is 3.69. The van der Waals surface area contributed by atoms with Crippen molar-refractivity contribution in [3.63, 3.8) is 0 Å². The van der Waals surface area contributed by atoms with Gasteiger partial charge in [0.25, 0.3) is 0 Å². The fourth-order valence-electron chi connectivity index (χ4n) is 1.70. The second-order valence-corrected chi connectivity index (χ2v) is 5.39. The molecule has 0 aliphatic rings. The Morgan fingerprint density at radius 2 is 2.05 bits per heavy atom. The van der Waals surface area contributed by atoms with Crippen LogP contribution in [0.4, 0.5) is 4.79 Å². The van der Waals surface area contributed by atoms with Gasteiger partial charge in [0, 0.05) is 18.1 Å². The summed E-state index contributed by atoms with van der Waals surface area (Å²) < 4.78 is 5.18. The molecule has 2 rings (SSSR count). The molecule has 4 nitrogen and oxygen atoms in total. The summed E-state index contributed by atoms with van der Waals surface area (Å²) in [6.07, 6.45) is 1.35. The summed E-state index contributed by atoms with van der Waals surface area (Å²) in [5.74, 6) is 0. The van der Waals surface area contributed by atoms with Gasteiger partial charge in [0.05, 0.1) is 5.52 Å². The van der Waals surface area contributed by atoms with E-state index in [0.717, 1.165) is 16.5 Å². The molecule has 1 N–H and O–H groups in total. The van der Waals surface area contributed by atoms with E-state index in [0.29, 0.717) is 6.54 Å². The molecule has 0 radical (unpaired) electrons. The summed E-state index contributed by atoms with van der Waals surface area (Å²) in [5, 5.41) is 3.78. The van der Waals surface area contributed by atoms with E-state index in [-0.39, 0.29) is 0 Å². The van der Waals surface area contributed by atoms with Crippen molar-refractivity contribution in [3.8, 4) is 0 Å². The maximum atomic E-state index is 11.5. The largest absolute Gasteiger partial charge is 0.444 e. The van der Waals surface area contributed by atoms with Crippen molar-refractivity contribution in [2.75, 3.05) is 0 Å². The minimum Gasteiger partial charge on any atom is -0.444 e. The zero-order valence-corrected chi connectivity index (χ0v) is 11.4. The quantitative estimate of drug-likeness (QED) is 0.899. The van der Waals surface area contributed by atoms with E-state index in [2.05, 4.69) is 10.3 Å². The Morgan fingerprint density at radius 3 is 2.79 bits per heavy atom. The van der Waals surface area contributed by atoms with Crippen LogP contribution in [-0.4, -0.2) is 16.7 Å². The van der Waals surface area contributed by atoms with Gasteiger partial charge in [-0.1, -0.05) is 18.2 Å². The third-order valence-electron chi connectivity index (χ3n) is 2.48. The van der Waals surface area contributed by atoms with Crippen LogP contribution >= 0.6 is 0 Å². The molecule has 19 heavy (non-hydrogen) atoms. The third-order valence-corrected chi connectivity index (χ3v) is 2.48. The Bertz CT molecular complexity index is 588. The number of carbonyl (C=O) groups is 1. The number of alkyl carbamates (subject to hydrolysis) is 1. The van der Waals surface area contributed by atoms with Gasteiger partial charge in [0.2, 0.25) is 0 Å². The van der Waals surface area contributed by atoms with Gasteiger partial charge >= 0.3 is 6.09 Å². The van der Waals surface area contributed by atoms with Crippen molar-refractivity contribution in [1.29, 1.82) is 0 Å². The Hall–Kier alpha value is -2.10. The molecular weight excluding hydrogens is 240 g/mol. The fourth-order valence-corrected chi connectivity index (χ4v) is 1.70. The van der Waals surface area contributed by atoms with Crippen molar-refractivity contribution in [3.05, 3.63) is 42.1 Å². The van der Waals surface area contributed by atoms with Gasteiger partial charge in [-0.15, -0.1) is 0 Å². The highest BCUT2D eigenvalue weighted by Crippen LogP contribution is 2.12. The number of benzene rings is 1. The standard InChI is InChI=1S/C15H18N2O2/c1-15(2,3)19-14(18)17-10-11-8-12-6-4-5-7-13(12)16-9-11/h4-9H,10H2,1-3H3,(H,17,18). The molecule has 1 aromatic carbocycles. The maximum absolute atomic E-state index is 11.5. The summed E-state index contributed by atoms with van der Waals surface area (Å²) in [7, 11) is 0. The van der Waals surface area contributed by atoms with Gasteiger partial charge in [-0.05, 0) is 38.5 Å². The van der Waals surface area contributed by atoms with E-state index in [1.807, 2.05) is 51.1 Å². The zero-order valence-electron chi connectivity index (χ0n) is 11.4. The Morgan fingerprint density at radius 1 is 1.32 bits per heavy atom. The van der Waals surface area contributed by atoms with Gasteiger partial charge in [-0.25, -0.2) is 4.79 Å². The van der Waals surface area contributed by atoms with Gasteiger partial charge in [0.15, 0.2) is 0 Å². The number of nitrogens with zero attached hydrogens (tertiary/aromatic N) is 1. The van der Waals surface area contributed by atoms with Crippen LogP contribution in [0.3, 0.4) is 0 Å². The molecule has 2 aromatic rings. The lowest BCUT2D eigenvalue weighted by atomic mass is 10.1. The first-order chi connectivity index (χ1) is 8.94. The average Bonchev–Trinajstić information content (AvgIpc) is 2.34. The Balaban J connectivity index is 2.00. The molecule has 4 heteroatoms. The minimum atomic E-state index is -0.480. The third kappa shape index (κ3) is 3.95. The van der Waals surface area contributed by atoms with Crippen LogP contribution in [0.2, 0.25) is 0 Å². The van der Waals surface area contributed by atoms with Crippen molar-refractivity contribution in [1.82, 2.24) is 10.3 Å². The van der Waals surface area contributed by atoms with E-state index in [1.54, 1.807) is 6.20 Å². The molecule has 0 aliphatic carbocycles. The van der Waals surface area contributed by atoms with Crippen molar-refractivity contribution < 1.29 is 9.53 Å². The molecular formula is C15H18N2O2. The van der Waals surface area contributed by atoms with E-state index in [1.165, 1.54) is 0 Å². The monoisotopic (exact) mass is 258 g/mol. The van der Waals surface area contributed by atoms with Gasteiger partial charge in [-0.3, -0.25) is 4.98 Å². The van der Waals surface area contributed by atoms with Crippen LogP contribution in [0, 0.1) is 0 Å². The second-order valence-electron chi connectivity index (χ2n) is 5.39. The van der Waals surface area contributed by atoms with E-state index in [4.69, 9.17) is 4.74 Å². The number of pyridine rings is 1. The van der Waals surface area contributed by atoms with Crippen LogP contribution < -0.4 is 5.32 Å². The molecule has 100 valence electrons. The highest BCUT2D eigenvalue weighted by atomic mass is 16.6. The maximum Gasteiger partial charge on any atom is 0.407 e. The number of rotatable bonds is 2. The average molecular weight is 258 g/mol. The van der Waals surface area contributed by atoms with E-state index >= 15 is 0 Å². The Labute approximate surface area is 112 Å². The zero-order chi connectivity index (χ0) is 13.9. The van der Waals surface area contributed by atoms with Crippen LogP contribution in [0.15, 0.2) is 36.5 Å². The summed E-state index contributed by atoms with van der Waals surface area (Å²) in [4.78, 5) is 15.9. The molecule has 0 spiro atoms. The topological polar surface area (TPSA) is 51.2 Å². The summed E-state index contributed by atoms with van der Waals surface area (Å²) in [6, 6.07) is 9.89. The van der Waals surface area contributed by atoms with Crippen LogP contribution in [0.25, 0.3) is 10.9 Å². The first-order valence-electron chi connectivity index (χ1n) is 6.24. The summed E-state index contributed by atoms with van der Waals surface area (Å²) >= 11 is 0.